The minimum absolute atomic E-state index is 0.0877. The molecule has 1 N–H and O–H groups in total. The number of amides is 2. The molecule has 2 heterocycles. The zero-order chi connectivity index (χ0) is 9.87. The molecule has 0 spiro atoms. The number of fused-ring (bicyclic) bond motifs is 1. The van der Waals surface area contributed by atoms with E-state index in [2.05, 4.69) is 0 Å². The van der Waals surface area contributed by atoms with Crippen LogP contribution in [0.15, 0.2) is 0 Å². The zero-order valence-electron chi connectivity index (χ0n) is 7.55. The van der Waals surface area contributed by atoms with Crippen LogP contribution in [0.5, 0.6) is 0 Å². The fourth-order valence-corrected chi connectivity index (χ4v) is 2.31. The van der Waals surface area contributed by atoms with Crippen LogP contribution in [0.2, 0.25) is 0 Å². The van der Waals surface area contributed by atoms with Crippen molar-refractivity contribution in [3.63, 3.8) is 0 Å². The first-order chi connectivity index (χ1) is 6.70. The second-order valence-electron chi connectivity index (χ2n) is 4.17. The lowest BCUT2D eigenvalue weighted by atomic mass is 10.2. The normalized spacial score (nSPS) is 45.9. The molecule has 0 aromatic rings. The van der Waals surface area contributed by atoms with Crippen LogP contribution in [0.1, 0.15) is 6.42 Å². The quantitative estimate of drug-likeness (QED) is 0.533. The molecule has 76 valence electrons. The van der Waals surface area contributed by atoms with Crippen molar-refractivity contribution < 1.29 is 19.4 Å². The molecule has 2 unspecified atom stereocenters. The summed E-state index contributed by atoms with van der Waals surface area (Å²) in [6.07, 6.45) is -0.00177. The van der Waals surface area contributed by atoms with Crippen molar-refractivity contribution in [2.75, 3.05) is 13.2 Å². The molecule has 3 fully saturated rings. The second-order valence-corrected chi connectivity index (χ2v) is 4.17. The number of rotatable bonds is 1. The monoisotopic (exact) mass is 197 g/mol. The minimum atomic E-state index is -0.708. The molecule has 5 nitrogen and oxygen atoms in total. The number of aliphatic hydroxyl groups excluding tert-OH is 1. The first-order valence-electron chi connectivity index (χ1n) is 4.83. The van der Waals surface area contributed by atoms with E-state index in [0.29, 0.717) is 6.42 Å². The lowest BCUT2D eigenvalue weighted by Gasteiger charge is -2.24. The van der Waals surface area contributed by atoms with E-state index in [1.807, 2.05) is 0 Å². The summed E-state index contributed by atoms with van der Waals surface area (Å²) in [6, 6.07) is -0.442. The van der Waals surface area contributed by atoms with Crippen LogP contribution in [0.4, 0.5) is 0 Å². The molecule has 5 heteroatoms. The highest BCUT2D eigenvalue weighted by Gasteiger charge is 2.61. The highest BCUT2D eigenvalue weighted by atomic mass is 16.5. The first-order valence-corrected chi connectivity index (χ1v) is 4.83. The van der Waals surface area contributed by atoms with Gasteiger partial charge in [-0.3, -0.25) is 14.5 Å². The van der Waals surface area contributed by atoms with Crippen LogP contribution in [-0.2, 0) is 14.3 Å². The van der Waals surface area contributed by atoms with Gasteiger partial charge < -0.3 is 9.84 Å². The summed E-state index contributed by atoms with van der Waals surface area (Å²) in [5.41, 5.74) is 0. The van der Waals surface area contributed by atoms with Gasteiger partial charge >= 0.3 is 0 Å². The Morgan fingerprint density at radius 3 is 2.36 bits per heavy atom. The van der Waals surface area contributed by atoms with Crippen LogP contribution < -0.4 is 0 Å². The number of carbonyl (C=O) groups excluding carboxylic acids is 2. The lowest BCUT2D eigenvalue weighted by molar-refractivity contribution is -0.145. The number of likely N-dealkylation sites (tertiary alicyclic amines) is 1. The standard InChI is InChI=1S/C9H11NO4/c11-7-3-14-2-6(7)10-8(12)4-1-5(4)9(10)13/h4-7,11H,1-3H2/t4?,5?,6-,7-/m1/s1. The predicted molar refractivity (Wildman–Crippen MR) is 44.1 cm³/mol. The highest BCUT2D eigenvalue weighted by molar-refractivity contribution is 6.09. The Hall–Kier alpha value is -0.940. The molecule has 2 aliphatic heterocycles. The number of hydrogen-bond donors (Lipinski definition) is 1. The van der Waals surface area contributed by atoms with Crippen LogP contribution in [0.25, 0.3) is 0 Å². The Morgan fingerprint density at radius 1 is 1.21 bits per heavy atom. The van der Waals surface area contributed by atoms with E-state index in [0.717, 1.165) is 0 Å². The van der Waals surface area contributed by atoms with Gasteiger partial charge in [-0.05, 0) is 6.42 Å². The maximum absolute atomic E-state index is 11.6. The lowest BCUT2D eigenvalue weighted by Crippen LogP contribution is -2.47. The van der Waals surface area contributed by atoms with Crippen LogP contribution in [0.3, 0.4) is 0 Å². The van der Waals surface area contributed by atoms with Gasteiger partial charge in [0.25, 0.3) is 0 Å². The molecule has 0 radical (unpaired) electrons. The summed E-state index contributed by atoms with van der Waals surface area (Å²) in [7, 11) is 0. The number of hydrogen-bond acceptors (Lipinski definition) is 4. The second kappa shape index (κ2) is 2.55. The average Bonchev–Trinajstić information content (AvgIpc) is 2.79. The van der Waals surface area contributed by atoms with E-state index < -0.39 is 12.1 Å². The minimum Gasteiger partial charge on any atom is -0.388 e. The molecule has 0 aromatic heterocycles. The third-order valence-electron chi connectivity index (χ3n) is 3.25. The van der Waals surface area contributed by atoms with Gasteiger partial charge in [0, 0.05) is 0 Å². The van der Waals surface area contributed by atoms with E-state index >= 15 is 0 Å². The summed E-state index contributed by atoms with van der Waals surface area (Å²) in [6.45, 7) is 0.495. The Kier molecular flexibility index (Phi) is 1.52. The molecule has 4 atom stereocenters. The van der Waals surface area contributed by atoms with Crippen molar-refractivity contribution >= 4 is 11.8 Å². The van der Waals surface area contributed by atoms with Gasteiger partial charge in [-0.15, -0.1) is 0 Å². The molecule has 2 saturated heterocycles. The number of carbonyl (C=O) groups is 2. The van der Waals surface area contributed by atoms with E-state index in [-0.39, 0.29) is 36.9 Å². The molecule has 1 aliphatic carbocycles. The van der Waals surface area contributed by atoms with Gasteiger partial charge in [-0.1, -0.05) is 0 Å². The van der Waals surface area contributed by atoms with Crippen LogP contribution in [-0.4, -0.2) is 47.2 Å². The maximum atomic E-state index is 11.6. The number of piperidine rings is 1. The summed E-state index contributed by atoms with van der Waals surface area (Å²) in [4.78, 5) is 24.5. The average molecular weight is 197 g/mol. The van der Waals surface area contributed by atoms with Crippen molar-refractivity contribution in [2.24, 2.45) is 11.8 Å². The first kappa shape index (κ1) is 8.38. The van der Waals surface area contributed by atoms with Crippen molar-refractivity contribution in [1.29, 1.82) is 0 Å². The smallest absolute Gasteiger partial charge is 0.233 e. The molecule has 0 bridgehead atoms. The van der Waals surface area contributed by atoms with Crippen LogP contribution in [0, 0.1) is 11.8 Å². The molecule has 3 aliphatic rings. The van der Waals surface area contributed by atoms with Crippen molar-refractivity contribution in [1.82, 2.24) is 4.90 Å². The van der Waals surface area contributed by atoms with Crippen molar-refractivity contribution in [2.45, 2.75) is 18.6 Å². The maximum Gasteiger partial charge on any atom is 0.233 e. The van der Waals surface area contributed by atoms with E-state index in [4.69, 9.17) is 4.74 Å². The van der Waals surface area contributed by atoms with Crippen molar-refractivity contribution in [3.8, 4) is 0 Å². The Balaban J connectivity index is 1.85. The molecule has 0 aromatic carbocycles. The fraction of sp³-hybridized carbons (Fsp3) is 0.778. The van der Waals surface area contributed by atoms with E-state index in [9.17, 15) is 14.7 Å². The SMILES string of the molecule is O=C1C2CC2C(=O)N1[C@@H]1COC[C@H]1O. The summed E-state index contributed by atoms with van der Waals surface area (Å²) in [5.74, 6) is -0.408. The Bertz CT molecular complexity index is 296. The van der Waals surface area contributed by atoms with Gasteiger partial charge in [-0.2, -0.15) is 0 Å². The summed E-state index contributed by atoms with van der Waals surface area (Å²) in [5, 5.41) is 9.51. The highest BCUT2D eigenvalue weighted by Crippen LogP contribution is 2.48. The molecule has 2 amide bonds. The fourth-order valence-electron chi connectivity index (χ4n) is 2.31. The Morgan fingerprint density at radius 2 is 1.86 bits per heavy atom. The topological polar surface area (TPSA) is 66.8 Å². The molecule has 14 heavy (non-hydrogen) atoms. The predicted octanol–water partition coefficient (Wildman–Crippen LogP) is -1.25. The number of nitrogens with zero attached hydrogens (tertiary/aromatic N) is 1. The molecular formula is C9H11NO4. The van der Waals surface area contributed by atoms with Gasteiger partial charge in [0.2, 0.25) is 11.8 Å². The number of imide groups is 1. The van der Waals surface area contributed by atoms with Gasteiger partial charge in [0.15, 0.2) is 0 Å². The largest absolute Gasteiger partial charge is 0.388 e. The van der Waals surface area contributed by atoms with Crippen molar-refractivity contribution in [3.05, 3.63) is 0 Å². The third-order valence-corrected chi connectivity index (χ3v) is 3.25. The molecule has 1 saturated carbocycles. The number of aliphatic hydroxyl groups is 1. The van der Waals surface area contributed by atoms with Gasteiger partial charge in [0.1, 0.15) is 6.10 Å². The van der Waals surface area contributed by atoms with Gasteiger partial charge in [-0.25, -0.2) is 0 Å². The molecular weight excluding hydrogens is 186 g/mol. The zero-order valence-corrected chi connectivity index (χ0v) is 7.55. The summed E-state index contributed by atoms with van der Waals surface area (Å²) >= 11 is 0. The Labute approximate surface area is 80.6 Å². The number of ether oxygens (including phenoxy) is 1. The molecule has 3 rings (SSSR count). The third kappa shape index (κ3) is 0.911. The van der Waals surface area contributed by atoms with E-state index in [1.165, 1.54) is 4.90 Å². The van der Waals surface area contributed by atoms with E-state index in [1.54, 1.807) is 0 Å². The van der Waals surface area contributed by atoms with Crippen LogP contribution >= 0.6 is 0 Å². The van der Waals surface area contributed by atoms with Gasteiger partial charge in [0.05, 0.1) is 31.1 Å². The summed E-state index contributed by atoms with van der Waals surface area (Å²) < 4.78 is 5.03.